The molecule has 0 saturated heterocycles. The predicted octanol–water partition coefficient (Wildman–Crippen LogP) is 2.06. The lowest BCUT2D eigenvalue weighted by Crippen LogP contribution is -2.40. The summed E-state index contributed by atoms with van der Waals surface area (Å²) >= 11 is 0. The maximum absolute atomic E-state index is 13.7. The van der Waals surface area contributed by atoms with Crippen LogP contribution < -0.4 is 10.6 Å². The van der Waals surface area contributed by atoms with E-state index in [9.17, 15) is 17.9 Å². The van der Waals surface area contributed by atoms with Crippen LogP contribution in [0.4, 0.5) is 4.39 Å². The van der Waals surface area contributed by atoms with Crippen LogP contribution in [0.1, 0.15) is 19.4 Å². The van der Waals surface area contributed by atoms with Gasteiger partial charge in [-0.2, -0.15) is 0 Å². The fraction of sp³-hybridized carbons (Fsp3) is 0.350. The van der Waals surface area contributed by atoms with Crippen molar-refractivity contribution in [1.29, 1.82) is 0 Å². The van der Waals surface area contributed by atoms with Crippen LogP contribution in [0.2, 0.25) is 0 Å². The number of aliphatic hydroxyl groups is 1. The highest BCUT2D eigenvalue weighted by atomic mass is 32.2. The number of aliphatic imine (C=N–C) groups is 1. The van der Waals surface area contributed by atoms with Crippen LogP contribution in [0.25, 0.3) is 0 Å². The average Bonchev–Trinajstić information content (AvgIpc) is 2.67. The molecule has 0 spiro atoms. The Labute approximate surface area is 165 Å². The van der Waals surface area contributed by atoms with Crippen LogP contribution in [-0.2, 0) is 15.4 Å². The SMILES string of the molecule is CCNC(=NCC(C)(O)c1ccccc1)NCCS(=O)(=O)c1ccccc1F. The maximum atomic E-state index is 13.7. The van der Waals surface area contributed by atoms with Gasteiger partial charge in [-0.05, 0) is 31.5 Å². The normalized spacial score (nSPS) is 14.4. The van der Waals surface area contributed by atoms with Crippen molar-refractivity contribution in [3.8, 4) is 0 Å². The number of hydrogen-bond donors (Lipinski definition) is 3. The van der Waals surface area contributed by atoms with Gasteiger partial charge in [0.25, 0.3) is 0 Å². The summed E-state index contributed by atoms with van der Waals surface area (Å²) in [6.45, 7) is 4.25. The summed E-state index contributed by atoms with van der Waals surface area (Å²) < 4.78 is 38.4. The second kappa shape index (κ2) is 9.66. The van der Waals surface area contributed by atoms with Crippen molar-refractivity contribution < 1.29 is 17.9 Å². The molecule has 1 unspecified atom stereocenters. The first-order valence-electron chi connectivity index (χ1n) is 9.03. The third-order valence-corrected chi connectivity index (χ3v) is 5.86. The van der Waals surface area contributed by atoms with Gasteiger partial charge in [0.15, 0.2) is 15.8 Å². The molecule has 0 amide bonds. The highest BCUT2D eigenvalue weighted by molar-refractivity contribution is 7.91. The van der Waals surface area contributed by atoms with Gasteiger partial charge in [-0.15, -0.1) is 0 Å². The smallest absolute Gasteiger partial charge is 0.191 e. The first kappa shape index (κ1) is 21.8. The summed E-state index contributed by atoms with van der Waals surface area (Å²) in [6, 6.07) is 14.5. The van der Waals surface area contributed by atoms with Gasteiger partial charge in [0.1, 0.15) is 16.3 Å². The van der Waals surface area contributed by atoms with Crippen LogP contribution in [0.5, 0.6) is 0 Å². The molecule has 152 valence electrons. The van der Waals surface area contributed by atoms with E-state index in [4.69, 9.17) is 0 Å². The van der Waals surface area contributed by atoms with E-state index in [0.717, 1.165) is 11.6 Å². The molecule has 0 aliphatic rings. The second-order valence-corrected chi connectivity index (χ2v) is 8.59. The number of nitrogens with zero attached hydrogens (tertiary/aromatic N) is 1. The number of rotatable bonds is 8. The summed E-state index contributed by atoms with van der Waals surface area (Å²) in [5.41, 5.74) is -0.431. The third-order valence-electron chi connectivity index (χ3n) is 4.12. The molecule has 0 saturated carbocycles. The van der Waals surface area contributed by atoms with Gasteiger partial charge in [-0.3, -0.25) is 0 Å². The first-order valence-corrected chi connectivity index (χ1v) is 10.7. The molecule has 1 atom stereocenters. The van der Waals surface area contributed by atoms with Gasteiger partial charge in [-0.25, -0.2) is 17.8 Å². The first-order chi connectivity index (χ1) is 13.3. The molecule has 2 aromatic rings. The minimum absolute atomic E-state index is 0.0516. The standard InChI is InChI=1S/C20H26FN3O3S/c1-3-22-19(24-15-20(2,25)16-9-5-4-6-10-16)23-13-14-28(26,27)18-12-8-7-11-17(18)21/h4-12,25H,3,13-15H2,1-2H3,(H2,22,23,24). The second-order valence-electron chi connectivity index (χ2n) is 6.51. The zero-order chi connectivity index (χ0) is 20.6. The van der Waals surface area contributed by atoms with E-state index in [2.05, 4.69) is 15.6 Å². The van der Waals surface area contributed by atoms with E-state index in [-0.39, 0.29) is 23.7 Å². The topological polar surface area (TPSA) is 90.8 Å². The number of guanidine groups is 1. The molecule has 0 aromatic heterocycles. The van der Waals surface area contributed by atoms with Crippen LogP contribution in [0, 0.1) is 5.82 Å². The van der Waals surface area contributed by atoms with Crippen molar-refractivity contribution >= 4 is 15.8 Å². The minimum atomic E-state index is -3.76. The third kappa shape index (κ3) is 6.03. The molecule has 0 fully saturated rings. The van der Waals surface area contributed by atoms with E-state index in [1.54, 1.807) is 6.92 Å². The van der Waals surface area contributed by atoms with Crippen molar-refractivity contribution in [2.75, 3.05) is 25.4 Å². The molecule has 2 rings (SSSR count). The van der Waals surface area contributed by atoms with Crippen LogP contribution in [0.3, 0.4) is 0 Å². The molecule has 3 N–H and O–H groups in total. The molecule has 28 heavy (non-hydrogen) atoms. The molecule has 0 aliphatic carbocycles. The number of halogens is 1. The minimum Gasteiger partial charge on any atom is -0.384 e. The molecule has 0 radical (unpaired) electrons. The van der Waals surface area contributed by atoms with Crippen molar-refractivity contribution in [2.45, 2.75) is 24.3 Å². The molecule has 2 aromatic carbocycles. The van der Waals surface area contributed by atoms with Gasteiger partial charge >= 0.3 is 0 Å². The Morgan fingerprint density at radius 2 is 1.75 bits per heavy atom. The van der Waals surface area contributed by atoms with E-state index in [1.165, 1.54) is 18.2 Å². The Balaban J connectivity index is 2.01. The fourth-order valence-electron chi connectivity index (χ4n) is 2.57. The summed E-state index contributed by atoms with van der Waals surface area (Å²) in [7, 11) is -3.76. The van der Waals surface area contributed by atoms with Crippen LogP contribution >= 0.6 is 0 Å². The van der Waals surface area contributed by atoms with Crippen molar-refractivity contribution in [1.82, 2.24) is 10.6 Å². The van der Waals surface area contributed by atoms with Crippen molar-refractivity contribution in [3.05, 3.63) is 66.0 Å². The van der Waals surface area contributed by atoms with Gasteiger partial charge in [0.05, 0.1) is 12.3 Å². The average molecular weight is 408 g/mol. The zero-order valence-electron chi connectivity index (χ0n) is 16.0. The lowest BCUT2D eigenvalue weighted by Gasteiger charge is -2.22. The number of hydrogen-bond acceptors (Lipinski definition) is 4. The molecular formula is C20H26FN3O3S. The Morgan fingerprint density at radius 1 is 1.11 bits per heavy atom. The maximum Gasteiger partial charge on any atom is 0.191 e. The van der Waals surface area contributed by atoms with Gasteiger partial charge in [-0.1, -0.05) is 42.5 Å². The number of sulfone groups is 1. The highest BCUT2D eigenvalue weighted by Crippen LogP contribution is 2.20. The summed E-state index contributed by atoms with van der Waals surface area (Å²) in [4.78, 5) is 4.03. The van der Waals surface area contributed by atoms with E-state index in [1.807, 2.05) is 37.3 Å². The Bertz CT molecular complexity index is 900. The predicted molar refractivity (Wildman–Crippen MR) is 108 cm³/mol. The largest absolute Gasteiger partial charge is 0.384 e. The quantitative estimate of drug-likeness (QED) is 0.460. The van der Waals surface area contributed by atoms with Crippen molar-refractivity contribution in [3.63, 3.8) is 0 Å². The summed E-state index contributed by atoms with van der Waals surface area (Å²) in [5, 5.41) is 16.6. The van der Waals surface area contributed by atoms with Gasteiger partial charge in [0.2, 0.25) is 0 Å². The van der Waals surface area contributed by atoms with Gasteiger partial charge < -0.3 is 15.7 Å². The molecule has 0 bridgehead atoms. The highest BCUT2D eigenvalue weighted by Gasteiger charge is 2.23. The molecule has 8 heteroatoms. The van der Waals surface area contributed by atoms with Gasteiger partial charge in [0, 0.05) is 13.1 Å². The Kier molecular flexibility index (Phi) is 7.53. The molecule has 0 heterocycles. The zero-order valence-corrected chi connectivity index (χ0v) is 16.8. The van der Waals surface area contributed by atoms with Crippen LogP contribution in [0.15, 0.2) is 64.5 Å². The lowest BCUT2D eigenvalue weighted by molar-refractivity contribution is 0.0672. The summed E-state index contributed by atoms with van der Waals surface area (Å²) in [5.74, 6) is -0.669. The lowest BCUT2D eigenvalue weighted by atomic mass is 9.96. The molecule has 0 aliphatic heterocycles. The number of benzene rings is 2. The van der Waals surface area contributed by atoms with E-state index < -0.39 is 21.3 Å². The van der Waals surface area contributed by atoms with E-state index >= 15 is 0 Å². The monoisotopic (exact) mass is 407 g/mol. The Morgan fingerprint density at radius 3 is 2.39 bits per heavy atom. The molecule has 6 nitrogen and oxygen atoms in total. The van der Waals surface area contributed by atoms with Crippen LogP contribution in [-0.4, -0.2) is 44.9 Å². The van der Waals surface area contributed by atoms with E-state index in [0.29, 0.717) is 12.5 Å². The molecular weight excluding hydrogens is 381 g/mol. The number of nitrogens with one attached hydrogen (secondary N) is 2. The Hall–Kier alpha value is -2.45. The fourth-order valence-corrected chi connectivity index (χ4v) is 3.82. The van der Waals surface area contributed by atoms with Crippen molar-refractivity contribution in [2.24, 2.45) is 4.99 Å². The summed E-state index contributed by atoms with van der Waals surface area (Å²) in [6.07, 6.45) is 0.